The van der Waals surface area contributed by atoms with Gasteiger partial charge in [-0.1, -0.05) is 11.6 Å². The molecule has 12 nitrogen and oxygen atoms in total. The molecule has 1 N–H and O–H groups in total. The molecule has 0 saturated carbocycles. The van der Waals surface area contributed by atoms with E-state index in [1.165, 1.54) is 46.4 Å². The highest BCUT2D eigenvalue weighted by Gasteiger charge is 2.49. The van der Waals surface area contributed by atoms with Gasteiger partial charge in [0.2, 0.25) is 11.9 Å². The highest BCUT2D eigenvalue weighted by molar-refractivity contribution is 6.32. The van der Waals surface area contributed by atoms with Crippen molar-refractivity contribution in [2.75, 3.05) is 5.32 Å². The van der Waals surface area contributed by atoms with E-state index < -0.39 is 29.7 Å². The van der Waals surface area contributed by atoms with Crippen LogP contribution in [0.1, 0.15) is 42.8 Å². The summed E-state index contributed by atoms with van der Waals surface area (Å²) in [6.07, 6.45) is 7.10. The fourth-order valence-corrected chi connectivity index (χ4v) is 4.87. The topological polar surface area (TPSA) is 134 Å². The fourth-order valence-electron chi connectivity index (χ4n) is 4.62. The molecule has 37 heavy (non-hydrogen) atoms. The van der Waals surface area contributed by atoms with E-state index in [1.54, 1.807) is 6.92 Å². The van der Waals surface area contributed by atoms with Crippen molar-refractivity contribution < 1.29 is 18.0 Å². The third-order valence-corrected chi connectivity index (χ3v) is 6.53. The molecule has 0 bridgehead atoms. The summed E-state index contributed by atoms with van der Waals surface area (Å²) < 4.78 is 41.8. The van der Waals surface area contributed by atoms with Crippen LogP contribution in [-0.2, 0) is 10.2 Å². The molecule has 0 saturated heterocycles. The van der Waals surface area contributed by atoms with Gasteiger partial charge in [0.1, 0.15) is 0 Å². The molecule has 0 aliphatic heterocycles. The molecule has 16 heteroatoms. The molecule has 0 aromatic carbocycles. The Bertz CT molecular complexity index is 1650. The maximum Gasteiger partial charge on any atom is 0.348 e. The number of halogens is 4. The molecule has 0 radical (unpaired) electrons. The predicted molar refractivity (Wildman–Crippen MR) is 121 cm³/mol. The van der Waals surface area contributed by atoms with Gasteiger partial charge in [-0.25, -0.2) is 14.5 Å². The Morgan fingerprint density at radius 3 is 2.62 bits per heavy atom. The van der Waals surface area contributed by atoms with Crippen LogP contribution in [0.3, 0.4) is 0 Å². The maximum absolute atomic E-state index is 14.1. The second kappa shape index (κ2) is 8.33. The van der Waals surface area contributed by atoms with Crippen LogP contribution in [0.2, 0.25) is 5.02 Å². The smallest absolute Gasteiger partial charge is 0.324 e. The minimum absolute atomic E-state index is 0.106. The quantitative estimate of drug-likeness (QED) is 0.367. The molecular formula is C21H15ClF3N11O. The zero-order valence-corrected chi connectivity index (χ0v) is 19.6. The molecule has 188 valence electrons. The van der Waals surface area contributed by atoms with Crippen LogP contribution in [-0.4, -0.2) is 55.5 Å². The van der Waals surface area contributed by atoms with Crippen molar-refractivity contribution in [1.29, 1.82) is 0 Å². The molecule has 5 aromatic rings. The van der Waals surface area contributed by atoms with Gasteiger partial charge in [-0.05, 0) is 19.4 Å². The number of aromatic nitrogens is 10. The third kappa shape index (κ3) is 3.69. The van der Waals surface area contributed by atoms with E-state index in [4.69, 9.17) is 11.6 Å². The maximum atomic E-state index is 14.1. The van der Waals surface area contributed by atoms with E-state index in [1.807, 2.05) is 0 Å². The average Bonchev–Trinajstić information content (AvgIpc) is 3.64. The van der Waals surface area contributed by atoms with E-state index in [0.717, 1.165) is 6.07 Å². The number of hydrogen-bond acceptors (Lipinski definition) is 8. The number of alkyl halides is 2. The monoisotopic (exact) mass is 529 g/mol. The minimum atomic E-state index is -2.95. The number of pyridine rings is 1. The van der Waals surface area contributed by atoms with Crippen molar-refractivity contribution in [3.8, 4) is 5.82 Å². The Kier molecular flexibility index (Phi) is 5.18. The lowest BCUT2D eigenvalue weighted by Gasteiger charge is -2.23. The first-order chi connectivity index (χ1) is 17.7. The zero-order chi connectivity index (χ0) is 25.9. The van der Waals surface area contributed by atoms with Crippen LogP contribution >= 0.6 is 11.6 Å². The molecule has 2 atom stereocenters. The van der Waals surface area contributed by atoms with E-state index in [2.05, 4.69) is 40.8 Å². The normalized spacial score (nSPS) is 19.0. The highest BCUT2D eigenvalue weighted by atomic mass is 35.5. The lowest BCUT2D eigenvalue weighted by Crippen LogP contribution is -2.26. The van der Waals surface area contributed by atoms with Crippen LogP contribution in [0.25, 0.3) is 11.5 Å². The van der Waals surface area contributed by atoms with Gasteiger partial charge in [0.05, 0.1) is 58.2 Å². The fraction of sp³-hybridized carbons (Fsp3) is 0.238. The summed E-state index contributed by atoms with van der Waals surface area (Å²) in [5, 5.41) is 22.4. The predicted octanol–water partition coefficient (Wildman–Crippen LogP) is 2.92. The van der Waals surface area contributed by atoms with E-state index in [0.29, 0.717) is 16.9 Å². The summed E-state index contributed by atoms with van der Waals surface area (Å²) in [6, 6.07) is 2.63. The van der Waals surface area contributed by atoms with Crippen LogP contribution in [0, 0.1) is 5.95 Å². The van der Waals surface area contributed by atoms with E-state index >= 15 is 0 Å². The first-order valence-corrected chi connectivity index (χ1v) is 11.2. The number of carbonyl (C=O) groups is 1. The number of anilines is 1. The number of amides is 1. The Morgan fingerprint density at radius 2 is 1.92 bits per heavy atom. The van der Waals surface area contributed by atoms with Crippen LogP contribution in [0.4, 0.5) is 18.9 Å². The van der Waals surface area contributed by atoms with Crippen molar-refractivity contribution in [2.45, 2.75) is 31.2 Å². The van der Waals surface area contributed by atoms with Gasteiger partial charge in [0.15, 0.2) is 11.5 Å². The van der Waals surface area contributed by atoms with Gasteiger partial charge in [-0.15, -0.1) is 14.7 Å². The van der Waals surface area contributed by atoms with Crippen molar-refractivity contribution in [3.63, 3.8) is 0 Å². The molecule has 0 fully saturated rings. The number of fused-ring (bicyclic) bond motifs is 3. The SMILES string of the molecule is C[C@]1(c2cnn(C(F)F)n2)C[C@@H](C(=O)Nc2cnc(-n3nccn3)c(Cl)c2)c2cnc3cc(F)nn3c21. The second-order valence-corrected chi connectivity index (χ2v) is 8.96. The minimum Gasteiger partial charge on any atom is -0.324 e. The van der Waals surface area contributed by atoms with Gasteiger partial charge in [-0.2, -0.15) is 33.6 Å². The summed E-state index contributed by atoms with van der Waals surface area (Å²) in [7, 11) is 0. The number of carbonyl (C=O) groups excluding carboxylic acids is 1. The lowest BCUT2D eigenvalue weighted by atomic mass is 9.83. The van der Waals surface area contributed by atoms with Crippen LogP contribution in [0.15, 0.2) is 43.1 Å². The van der Waals surface area contributed by atoms with Gasteiger partial charge < -0.3 is 5.32 Å². The molecule has 1 aliphatic carbocycles. The lowest BCUT2D eigenvalue weighted by molar-refractivity contribution is -0.117. The van der Waals surface area contributed by atoms with Gasteiger partial charge >= 0.3 is 6.55 Å². The highest BCUT2D eigenvalue weighted by Crippen LogP contribution is 2.49. The zero-order valence-electron chi connectivity index (χ0n) is 18.8. The molecule has 0 spiro atoms. The van der Waals surface area contributed by atoms with Crippen molar-refractivity contribution in [2.24, 2.45) is 0 Å². The third-order valence-electron chi connectivity index (χ3n) is 6.25. The summed E-state index contributed by atoms with van der Waals surface area (Å²) in [5.74, 6) is -1.76. The first kappa shape index (κ1) is 23.0. The molecule has 1 aliphatic rings. The Balaban J connectivity index is 1.38. The van der Waals surface area contributed by atoms with Gasteiger partial charge in [0.25, 0.3) is 0 Å². The molecule has 5 heterocycles. The van der Waals surface area contributed by atoms with E-state index in [-0.39, 0.29) is 33.4 Å². The number of rotatable bonds is 5. The number of nitrogens with one attached hydrogen (secondary N) is 1. The van der Waals surface area contributed by atoms with E-state index in [9.17, 15) is 18.0 Å². The Labute approximate surface area is 210 Å². The largest absolute Gasteiger partial charge is 0.348 e. The first-order valence-electron chi connectivity index (χ1n) is 10.8. The van der Waals surface area contributed by atoms with Gasteiger partial charge in [0, 0.05) is 17.8 Å². The Hall–Kier alpha value is -4.40. The van der Waals surface area contributed by atoms with Crippen LogP contribution in [0.5, 0.6) is 0 Å². The van der Waals surface area contributed by atoms with Crippen molar-refractivity contribution in [3.05, 3.63) is 71.0 Å². The van der Waals surface area contributed by atoms with Crippen LogP contribution < -0.4 is 5.32 Å². The van der Waals surface area contributed by atoms with Crippen molar-refractivity contribution >= 4 is 28.8 Å². The number of nitrogens with zero attached hydrogens (tertiary/aromatic N) is 10. The number of hydrogen-bond donors (Lipinski definition) is 1. The summed E-state index contributed by atoms with van der Waals surface area (Å²) in [4.78, 5) is 23.4. The molecule has 1 amide bonds. The molecular weight excluding hydrogens is 515 g/mol. The standard InChI is InChI=1S/C21H15ClF3N11O/c1-21(14-9-30-36(32-14)20(24)25)6-11(12-8-26-16-5-15(23)33-34(16)17(12)21)19(37)31-10-4-13(22)18(27-7-10)35-28-2-3-29-35/h2-5,7-9,11,20H,6H2,1H3,(H,31,37)/t11-,21-/m1/s1. The average molecular weight is 530 g/mol. The molecule has 5 aromatic heterocycles. The summed E-state index contributed by atoms with van der Waals surface area (Å²) in [5.41, 5.74) is 0.411. The molecule has 6 rings (SSSR count). The summed E-state index contributed by atoms with van der Waals surface area (Å²) in [6.45, 7) is -1.24. The van der Waals surface area contributed by atoms with Gasteiger partial charge in [-0.3, -0.25) is 4.79 Å². The molecule has 0 unspecified atom stereocenters. The Morgan fingerprint density at radius 1 is 1.14 bits per heavy atom. The van der Waals surface area contributed by atoms with Crippen molar-refractivity contribution in [1.82, 2.24) is 49.6 Å². The second-order valence-electron chi connectivity index (χ2n) is 8.55. The summed E-state index contributed by atoms with van der Waals surface area (Å²) >= 11 is 6.32.